The Bertz CT molecular complexity index is 782. The van der Waals surface area contributed by atoms with Gasteiger partial charge in [0.05, 0.1) is 6.54 Å². The fraction of sp³-hybridized carbons (Fsp3) is 0.263. The number of imide groups is 1. The number of amides is 3. The molecule has 3 rings (SSSR count). The number of carbonyl (C=O) groups excluding carboxylic acids is 2. The number of urea groups is 1. The van der Waals surface area contributed by atoms with E-state index in [1.807, 2.05) is 30.3 Å². The molecule has 0 spiro atoms. The lowest BCUT2D eigenvalue weighted by atomic mass is 10.2. The number of nitrogens with zero attached hydrogens (tertiary/aromatic N) is 2. The number of ether oxygens (including phenoxy) is 1. The highest BCUT2D eigenvalue weighted by Crippen LogP contribution is 2.25. The van der Waals surface area contributed by atoms with Gasteiger partial charge in [0.2, 0.25) is 0 Å². The van der Waals surface area contributed by atoms with Crippen LogP contribution < -0.4 is 9.64 Å². The summed E-state index contributed by atoms with van der Waals surface area (Å²) in [6.07, 6.45) is -0.977. The minimum absolute atomic E-state index is 0.0155. The third-order valence-corrected chi connectivity index (χ3v) is 4.66. The Labute approximate surface area is 160 Å². The second-order valence-electron chi connectivity index (χ2n) is 6.03. The number of anilines is 1. The molecule has 0 bridgehead atoms. The van der Waals surface area contributed by atoms with Gasteiger partial charge in [-0.2, -0.15) is 0 Å². The molecule has 1 heterocycles. The molecular weight excluding hydrogens is 400 g/mol. The highest BCUT2D eigenvalue weighted by Gasteiger charge is 2.43. The minimum atomic E-state index is -0.977. The van der Waals surface area contributed by atoms with E-state index in [9.17, 15) is 14.7 Å². The topological polar surface area (TPSA) is 70.1 Å². The number of β-amino-alcohol motifs (C(OH)–C–C–N with tert-alkyl or cyclic N) is 1. The zero-order valence-electron chi connectivity index (χ0n) is 14.2. The summed E-state index contributed by atoms with van der Waals surface area (Å²) in [5.74, 6) is 0.271. The Hall–Kier alpha value is -2.38. The van der Waals surface area contributed by atoms with Gasteiger partial charge in [-0.15, -0.1) is 0 Å². The van der Waals surface area contributed by atoms with Crippen LogP contribution >= 0.6 is 15.9 Å². The van der Waals surface area contributed by atoms with Crippen molar-refractivity contribution in [3.63, 3.8) is 0 Å². The number of halogens is 1. The van der Waals surface area contributed by atoms with Crippen LogP contribution in [-0.2, 0) is 4.79 Å². The highest BCUT2D eigenvalue weighted by atomic mass is 79.9. The Morgan fingerprint density at radius 2 is 1.77 bits per heavy atom. The van der Waals surface area contributed by atoms with Crippen LogP contribution in [-0.4, -0.2) is 47.2 Å². The molecule has 1 aliphatic rings. The lowest BCUT2D eigenvalue weighted by molar-refractivity contribution is -0.128. The monoisotopic (exact) mass is 418 g/mol. The number of benzene rings is 2. The number of aliphatic hydroxyl groups excluding tert-OH is 1. The van der Waals surface area contributed by atoms with E-state index in [0.29, 0.717) is 11.4 Å². The SMILES string of the molecule is C[C@H]1C(=O)N(C[C@H](O)COc2ccc(Br)cc2)C(=O)N1c1ccccc1. The van der Waals surface area contributed by atoms with E-state index >= 15 is 0 Å². The van der Waals surface area contributed by atoms with Gasteiger partial charge < -0.3 is 9.84 Å². The molecule has 7 heteroatoms. The van der Waals surface area contributed by atoms with Gasteiger partial charge in [-0.1, -0.05) is 34.1 Å². The molecule has 26 heavy (non-hydrogen) atoms. The summed E-state index contributed by atoms with van der Waals surface area (Å²) >= 11 is 3.34. The van der Waals surface area contributed by atoms with Crippen molar-refractivity contribution in [2.45, 2.75) is 19.1 Å². The van der Waals surface area contributed by atoms with Crippen molar-refractivity contribution < 1.29 is 19.4 Å². The zero-order valence-corrected chi connectivity index (χ0v) is 15.8. The molecule has 136 valence electrons. The maximum atomic E-state index is 12.6. The zero-order chi connectivity index (χ0) is 18.7. The fourth-order valence-electron chi connectivity index (χ4n) is 2.80. The lowest BCUT2D eigenvalue weighted by Gasteiger charge is -2.20. The van der Waals surface area contributed by atoms with Crippen LogP contribution in [0.15, 0.2) is 59.1 Å². The average Bonchev–Trinajstić information content (AvgIpc) is 2.85. The van der Waals surface area contributed by atoms with Gasteiger partial charge in [0, 0.05) is 10.2 Å². The van der Waals surface area contributed by atoms with Gasteiger partial charge in [0.15, 0.2) is 0 Å². The van der Waals surface area contributed by atoms with Crippen molar-refractivity contribution in [2.75, 3.05) is 18.1 Å². The lowest BCUT2D eigenvalue weighted by Crippen LogP contribution is -2.40. The first kappa shape index (κ1) is 18.4. The molecule has 1 saturated heterocycles. The summed E-state index contributed by atoms with van der Waals surface area (Å²) in [5, 5.41) is 10.2. The number of carbonyl (C=O) groups is 2. The molecule has 0 aromatic heterocycles. The summed E-state index contributed by atoms with van der Waals surface area (Å²) in [6, 6.07) is 15.2. The number of hydrogen-bond acceptors (Lipinski definition) is 4. The van der Waals surface area contributed by atoms with Gasteiger partial charge in [-0.3, -0.25) is 14.6 Å². The Balaban J connectivity index is 1.62. The Kier molecular flexibility index (Phi) is 5.58. The van der Waals surface area contributed by atoms with Crippen molar-refractivity contribution in [3.05, 3.63) is 59.1 Å². The quantitative estimate of drug-likeness (QED) is 0.731. The van der Waals surface area contributed by atoms with Crippen molar-refractivity contribution in [2.24, 2.45) is 0 Å². The second-order valence-corrected chi connectivity index (χ2v) is 6.95. The molecule has 2 aromatic rings. The van der Waals surface area contributed by atoms with Crippen LogP contribution in [0.3, 0.4) is 0 Å². The van der Waals surface area contributed by atoms with Crippen LogP contribution in [0, 0.1) is 0 Å². The molecule has 3 amide bonds. The first-order valence-corrected chi connectivity index (χ1v) is 9.02. The maximum Gasteiger partial charge on any atom is 0.332 e. The smallest absolute Gasteiger partial charge is 0.332 e. The van der Waals surface area contributed by atoms with E-state index < -0.39 is 18.2 Å². The molecule has 1 aliphatic heterocycles. The normalized spacial score (nSPS) is 18.3. The van der Waals surface area contributed by atoms with Gasteiger partial charge >= 0.3 is 6.03 Å². The van der Waals surface area contributed by atoms with Crippen LogP contribution in [0.25, 0.3) is 0 Å². The molecule has 0 aliphatic carbocycles. The Morgan fingerprint density at radius 3 is 2.42 bits per heavy atom. The molecule has 0 radical (unpaired) electrons. The average molecular weight is 419 g/mol. The molecule has 0 unspecified atom stereocenters. The molecule has 1 fully saturated rings. The van der Waals surface area contributed by atoms with Gasteiger partial charge in [0.25, 0.3) is 5.91 Å². The Morgan fingerprint density at radius 1 is 1.12 bits per heavy atom. The summed E-state index contributed by atoms with van der Waals surface area (Å²) in [7, 11) is 0. The summed E-state index contributed by atoms with van der Waals surface area (Å²) in [4.78, 5) is 27.6. The van der Waals surface area contributed by atoms with Crippen LogP contribution in [0.1, 0.15) is 6.92 Å². The van der Waals surface area contributed by atoms with Crippen molar-refractivity contribution in [3.8, 4) is 5.75 Å². The largest absolute Gasteiger partial charge is 0.491 e. The predicted octanol–water partition coefficient (Wildman–Crippen LogP) is 3.05. The number of rotatable bonds is 6. The number of aliphatic hydroxyl groups is 1. The molecule has 1 N–H and O–H groups in total. The van der Waals surface area contributed by atoms with Crippen molar-refractivity contribution >= 4 is 33.6 Å². The number of hydrogen-bond donors (Lipinski definition) is 1. The van der Waals surface area contributed by atoms with Crippen molar-refractivity contribution in [1.29, 1.82) is 0 Å². The van der Waals surface area contributed by atoms with E-state index in [1.54, 1.807) is 31.2 Å². The maximum absolute atomic E-state index is 12.6. The molecule has 2 atom stereocenters. The minimum Gasteiger partial charge on any atom is -0.491 e. The first-order chi connectivity index (χ1) is 12.5. The van der Waals surface area contributed by atoms with E-state index in [1.165, 1.54) is 4.90 Å². The van der Waals surface area contributed by atoms with E-state index in [4.69, 9.17) is 4.74 Å². The van der Waals surface area contributed by atoms with Gasteiger partial charge in [0.1, 0.15) is 24.5 Å². The number of para-hydroxylation sites is 1. The summed E-state index contributed by atoms with van der Waals surface area (Å²) in [6.45, 7) is 1.55. The highest BCUT2D eigenvalue weighted by molar-refractivity contribution is 9.10. The van der Waals surface area contributed by atoms with E-state index in [-0.39, 0.29) is 19.1 Å². The van der Waals surface area contributed by atoms with Crippen LogP contribution in [0.2, 0.25) is 0 Å². The third kappa shape index (κ3) is 3.89. The molecular formula is C19H19BrN2O4. The summed E-state index contributed by atoms with van der Waals surface area (Å²) in [5.41, 5.74) is 0.654. The summed E-state index contributed by atoms with van der Waals surface area (Å²) < 4.78 is 6.43. The molecule has 6 nitrogen and oxygen atoms in total. The van der Waals surface area contributed by atoms with Crippen molar-refractivity contribution in [1.82, 2.24) is 4.90 Å². The molecule has 2 aromatic carbocycles. The first-order valence-electron chi connectivity index (χ1n) is 8.23. The second kappa shape index (κ2) is 7.88. The van der Waals surface area contributed by atoms with Gasteiger partial charge in [-0.05, 0) is 43.3 Å². The van der Waals surface area contributed by atoms with E-state index in [0.717, 1.165) is 9.37 Å². The standard InChI is InChI=1S/C19H19BrN2O4/c1-13-18(24)21(19(25)22(13)15-5-3-2-4-6-15)11-16(23)12-26-17-9-7-14(20)8-10-17/h2-10,13,16,23H,11-12H2,1H3/t13-,16-/m0/s1. The third-order valence-electron chi connectivity index (χ3n) is 4.13. The van der Waals surface area contributed by atoms with Crippen LogP contribution in [0.5, 0.6) is 5.75 Å². The molecule has 0 saturated carbocycles. The van der Waals surface area contributed by atoms with E-state index in [2.05, 4.69) is 15.9 Å². The van der Waals surface area contributed by atoms with Crippen LogP contribution in [0.4, 0.5) is 10.5 Å². The fourth-order valence-corrected chi connectivity index (χ4v) is 3.07. The van der Waals surface area contributed by atoms with Gasteiger partial charge in [-0.25, -0.2) is 4.79 Å². The predicted molar refractivity (Wildman–Crippen MR) is 101 cm³/mol.